The van der Waals surface area contributed by atoms with Gasteiger partial charge in [-0.25, -0.2) is 0 Å². The number of ether oxygens (including phenoxy) is 1. The van der Waals surface area contributed by atoms with Crippen molar-refractivity contribution in [3.05, 3.63) is 54.1 Å². The van der Waals surface area contributed by atoms with Crippen LogP contribution in [-0.2, 0) is 4.79 Å². The number of carbonyl (C=O) groups is 1. The van der Waals surface area contributed by atoms with Gasteiger partial charge in [-0.05, 0) is 49.7 Å². The zero-order valence-corrected chi connectivity index (χ0v) is 11.6. The van der Waals surface area contributed by atoms with Crippen LogP contribution in [0.5, 0.6) is 11.5 Å². The highest BCUT2D eigenvalue weighted by Gasteiger charge is 2.07. The van der Waals surface area contributed by atoms with Gasteiger partial charge >= 0.3 is 0 Å². The van der Waals surface area contributed by atoms with Gasteiger partial charge in [0.25, 0.3) is 0 Å². The van der Waals surface area contributed by atoms with Crippen LogP contribution in [0.4, 0.5) is 5.69 Å². The lowest BCUT2D eigenvalue weighted by Crippen LogP contribution is -2.32. The Hall–Kier alpha value is -2.33. The van der Waals surface area contributed by atoms with Crippen molar-refractivity contribution in [2.75, 3.05) is 5.32 Å². The number of nitrogens with one attached hydrogen (secondary N) is 1. The fourth-order valence-corrected chi connectivity index (χ4v) is 1.66. The maximum Gasteiger partial charge on any atom is 0.240 e. The molecule has 0 spiro atoms. The van der Waals surface area contributed by atoms with E-state index in [4.69, 9.17) is 10.5 Å². The van der Waals surface area contributed by atoms with Crippen LogP contribution in [-0.4, -0.2) is 11.9 Å². The number of aryl methyl sites for hydroxylation is 1. The number of benzene rings is 2. The van der Waals surface area contributed by atoms with Gasteiger partial charge in [-0.1, -0.05) is 18.2 Å². The SMILES string of the molecule is Cc1ccccc1Oc1ccc(NC(=O)C(C)N)cc1. The topological polar surface area (TPSA) is 64.3 Å². The highest BCUT2D eigenvalue weighted by atomic mass is 16.5. The maximum atomic E-state index is 11.5. The summed E-state index contributed by atoms with van der Waals surface area (Å²) in [5.74, 6) is 1.33. The molecule has 4 heteroatoms. The molecule has 3 N–H and O–H groups in total. The number of para-hydroxylation sites is 1. The van der Waals surface area contributed by atoms with Crippen molar-refractivity contribution in [2.45, 2.75) is 19.9 Å². The van der Waals surface area contributed by atoms with Crippen LogP contribution in [0.2, 0.25) is 0 Å². The Morgan fingerprint density at radius 1 is 1.15 bits per heavy atom. The summed E-state index contributed by atoms with van der Waals surface area (Å²) < 4.78 is 5.78. The van der Waals surface area contributed by atoms with Crippen molar-refractivity contribution in [1.82, 2.24) is 0 Å². The molecule has 104 valence electrons. The number of rotatable bonds is 4. The molecule has 2 rings (SSSR count). The van der Waals surface area contributed by atoms with Crippen LogP contribution in [0.25, 0.3) is 0 Å². The fourth-order valence-electron chi connectivity index (χ4n) is 1.66. The molecule has 0 saturated carbocycles. The minimum absolute atomic E-state index is 0.211. The first kappa shape index (κ1) is 14.1. The first-order chi connectivity index (χ1) is 9.56. The van der Waals surface area contributed by atoms with Crippen LogP contribution in [0.3, 0.4) is 0 Å². The molecule has 0 aromatic heterocycles. The normalized spacial score (nSPS) is 11.8. The molecule has 0 saturated heterocycles. The first-order valence-corrected chi connectivity index (χ1v) is 6.46. The number of amides is 1. The third-order valence-corrected chi connectivity index (χ3v) is 2.86. The molecule has 1 atom stereocenters. The average Bonchev–Trinajstić information content (AvgIpc) is 2.43. The van der Waals surface area contributed by atoms with Gasteiger partial charge < -0.3 is 15.8 Å². The zero-order valence-electron chi connectivity index (χ0n) is 11.6. The Morgan fingerprint density at radius 3 is 2.40 bits per heavy atom. The van der Waals surface area contributed by atoms with Crippen molar-refractivity contribution in [1.29, 1.82) is 0 Å². The van der Waals surface area contributed by atoms with Gasteiger partial charge in [0.2, 0.25) is 5.91 Å². The Morgan fingerprint density at radius 2 is 1.80 bits per heavy atom. The van der Waals surface area contributed by atoms with E-state index in [0.717, 1.165) is 17.1 Å². The Kier molecular flexibility index (Phi) is 4.38. The van der Waals surface area contributed by atoms with E-state index in [-0.39, 0.29) is 5.91 Å². The summed E-state index contributed by atoms with van der Waals surface area (Å²) in [7, 11) is 0. The Balaban J connectivity index is 2.05. The molecule has 0 aliphatic heterocycles. The van der Waals surface area contributed by atoms with Crippen LogP contribution in [0.15, 0.2) is 48.5 Å². The molecule has 0 radical (unpaired) electrons. The van der Waals surface area contributed by atoms with E-state index in [2.05, 4.69) is 5.32 Å². The highest BCUT2D eigenvalue weighted by molar-refractivity contribution is 5.94. The number of hydrogen-bond acceptors (Lipinski definition) is 3. The predicted octanol–water partition coefficient (Wildman–Crippen LogP) is 3.07. The number of hydrogen-bond donors (Lipinski definition) is 2. The minimum atomic E-state index is -0.530. The van der Waals surface area contributed by atoms with E-state index in [1.165, 1.54) is 0 Å². The largest absolute Gasteiger partial charge is 0.457 e. The van der Waals surface area contributed by atoms with Gasteiger partial charge in [0, 0.05) is 5.69 Å². The lowest BCUT2D eigenvalue weighted by atomic mass is 10.2. The lowest BCUT2D eigenvalue weighted by Gasteiger charge is -2.10. The lowest BCUT2D eigenvalue weighted by molar-refractivity contribution is -0.117. The molecule has 0 fully saturated rings. The third-order valence-electron chi connectivity index (χ3n) is 2.86. The second-order valence-corrected chi connectivity index (χ2v) is 4.67. The van der Waals surface area contributed by atoms with E-state index >= 15 is 0 Å². The minimum Gasteiger partial charge on any atom is -0.457 e. The molecule has 4 nitrogen and oxygen atoms in total. The molecule has 2 aromatic carbocycles. The number of carbonyl (C=O) groups excluding carboxylic acids is 1. The van der Waals surface area contributed by atoms with E-state index < -0.39 is 6.04 Å². The van der Waals surface area contributed by atoms with Crippen LogP contribution in [0, 0.1) is 6.92 Å². The Labute approximate surface area is 118 Å². The van der Waals surface area contributed by atoms with E-state index in [0.29, 0.717) is 5.69 Å². The standard InChI is InChI=1S/C16H18N2O2/c1-11-5-3-4-6-15(11)20-14-9-7-13(8-10-14)18-16(19)12(2)17/h3-10,12H,17H2,1-2H3,(H,18,19). The monoisotopic (exact) mass is 270 g/mol. The van der Waals surface area contributed by atoms with Gasteiger partial charge in [-0.3, -0.25) is 4.79 Å². The van der Waals surface area contributed by atoms with E-state index in [1.807, 2.05) is 43.3 Å². The number of nitrogens with two attached hydrogens (primary N) is 1. The maximum absolute atomic E-state index is 11.5. The third kappa shape index (κ3) is 3.59. The summed E-state index contributed by atoms with van der Waals surface area (Å²) in [5.41, 5.74) is 7.27. The molecular formula is C16H18N2O2. The molecule has 0 aliphatic carbocycles. The van der Waals surface area contributed by atoms with Crippen LogP contribution >= 0.6 is 0 Å². The van der Waals surface area contributed by atoms with Crippen molar-refractivity contribution < 1.29 is 9.53 Å². The van der Waals surface area contributed by atoms with Gasteiger partial charge in [-0.15, -0.1) is 0 Å². The fraction of sp³-hybridized carbons (Fsp3) is 0.188. The number of anilines is 1. The second-order valence-electron chi connectivity index (χ2n) is 4.67. The summed E-state index contributed by atoms with van der Waals surface area (Å²) in [6.07, 6.45) is 0. The van der Waals surface area contributed by atoms with Gasteiger partial charge in [0.15, 0.2) is 0 Å². The molecule has 2 aromatic rings. The quantitative estimate of drug-likeness (QED) is 0.897. The summed E-state index contributed by atoms with van der Waals surface area (Å²) in [6.45, 7) is 3.64. The van der Waals surface area contributed by atoms with E-state index in [9.17, 15) is 4.79 Å². The smallest absolute Gasteiger partial charge is 0.240 e. The van der Waals surface area contributed by atoms with Crippen molar-refractivity contribution >= 4 is 11.6 Å². The van der Waals surface area contributed by atoms with Crippen molar-refractivity contribution in [2.24, 2.45) is 5.73 Å². The van der Waals surface area contributed by atoms with Gasteiger partial charge in [-0.2, -0.15) is 0 Å². The van der Waals surface area contributed by atoms with Crippen LogP contribution in [0.1, 0.15) is 12.5 Å². The Bertz CT molecular complexity index is 592. The molecule has 0 heterocycles. The van der Waals surface area contributed by atoms with Crippen molar-refractivity contribution in [3.8, 4) is 11.5 Å². The summed E-state index contributed by atoms with van der Waals surface area (Å²) in [6, 6.07) is 14.5. The highest BCUT2D eigenvalue weighted by Crippen LogP contribution is 2.25. The molecule has 1 amide bonds. The van der Waals surface area contributed by atoms with Crippen LogP contribution < -0.4 is 15.8 Å². The zero-order chi connectivity index (χ0) is 14.5. The molecule has 0 aliphatic rings. The molecule has 1 unspecified atom stereocenters. The molecular weight excluding hydrogens is 252 g/mol. The summed E-state index contributed by atoms with van der Waals surface area (Å²) >= 11 is 0. The summed E-state index contributed by atoms with van der Waals surface area (Å²) in [5, 5.41) is 2.72. The van der Waals surface area contributed by atoms with Gasteiger partial charge in [0.05, 0.1) is 6.04 Å². The average molecular weight is 270 g/mol. The summed E-state index contributed by atoms with van der Waals surface area (Å²) in [4.78, 5) is 11.5. The van der Waals surface area contributed by atoms with E-state index in [1.54, 1.807) is 19.1 Å². The van der Waals surface area contributed by atoms with Crippen molar-refractivity contribution in [3.63, 3.8) is 0 Å². The molecule has 20 heavy (non-hydrogen) atoms. The predicted molar refractivity (Wildman–Crippen MR) is 80.0 cm³/mol. The second kappa shape index (κ2) is 6.21. The van der Waals surface area contributed by atoms with Gasteiger partial charge in [0.1, 0.15) is 11.5 Å². The molecule has 0 bridgehead atoms. The first-order valence-electron chi connectivity index (χ1n) is 6.46.